The summed E-state index contributed by atoms with van der Waals surface area (Å²) in [6.07, 6.45) is 1.46. The van der Waals surface area contributed by atoms with Crippen LogP contribution in [-0.4, -0.2) is 262 Å². The van der Waals surface area contributed by atoms with E-state index < -0.39 is 110 Å². The Hall–Kier alpha value is -8.62. The molecule has 15 N–H and O–H groups in total. The van der Waals surface area contributed by atoms with Crippen LogP contribution in [0.5, 0.6) is 0 Å². The van der Waals surface area contributed by atoms with Gasteiger partial charge in [-0.2, -0.15) is 0 Å². The van der Waals surface area contributed by atoms with Crippen LogP contribution < -0.4 is 0 Å². The second-order valence-corrected chi connectivity index (χ2v) is 31.9. The van der Waals surface area contributed by atoms with Gasteiger partial charge in [0.05, 0.1) is 108 Å². The Morgan fingerprint density at radius 2 is 0.744 bits per heavy atom. The van der Waals surface area contributed by atoms with Crippen molar-refractivity contribution in [1.29, 1.82) is 0 Å². The molecule has 2 aromatic heterocycles. The number of rotatable bonds is 12. The molecule has 0 radical (unpaired) electrons. The minimum Gasteiger partial charge on any atom is -0.394 e. The molecule has 10 aliphatic heterocycles. The van der Waals surface area contributed by atoms with Crippen LogP contribution in [-0.2, 0) is 28.4 Å². The SMILES string of the molecule is C=C1c2ccc(C)cc2C=CN1[C@@H]1O[C@H](CO)[C@H](O)C1O.C=C1c2ccc(C)cc2C=CN1[C@H]1C[C@@H](O)[C@@H](CO)O1.C=C1c2scnc2C=CN1[C@@H]1O[C@H](CO)[C@H](O)C1O.C=C1c2scnc2C=CN1[C@H]1C[C@@H](O)[C@@H](CO)O1.Cc1cc2ccccc2cc1[C@@H]1O[C@H](CO)[C@H](O)C1O.Cc1cc2ccccc2cc1[C@H]1C[C@@H](O)[C@@H](CO)O1. The molecule has 0 saturated carbocycles. The fourth-order valence-corrected chi connectivity index (χ4v) is 17.3. The van der Waals surface area contributed by atoms with Gasteiger partial charge >= 0.3 is 0 Å². The molecule has 8 aromatic rings. The maximum atomic E-state index is 10.1. The van der Waals surface area contributed by atoms with Gasteiger partial charge in [0.25, 0.3) is 0 Å². The van der Waals surface area contributed by atoms with Crippen molar-refractivity contribution < 1.29 is 105 Å². The summed E-state index contributed by atoms with van der Waals surface area (Å²) < 4.78 is 33.7. The molecular formula is C88H102N6O21S2. The van der Waals surface area contributed by atoms with Gasteiger partial charge < -0.3 is 125 Å². The van der Waals surface area contributed by atoms with Gasteiger partial charge in [0, 0.05) is 66.6 Å². The van der Waals surface area contributed by atoms with E-state index in [0.717, 1.165) is 93.4 Å². The van der Waals surface area contributed by atoms with Gasteiger partial charge in [-0.1, -0.05) is 135 Å². The van der Waals surface area contributed by atoms with E-state index in [9.17, 15) is 46.0 Å². The predicted octanol–water partition coefficient (Wildman–Crippen LogP) is 6.75. The lowest BCUT2D eigenvalue weighted by Gasteiger charge is -2.34. The second-order valence-electron chi connectivity index (χ2n) is 30.2. The van der Waals surface area contributed by atoms with Gasteiger partial charge in [-0.15, -0.1) is 22.7 Å². The van der Waals surface area contributed by atoms with E-state index in [1.54, 1.807) is 39.3 Å². The van der Waals surface area contributed by atoms with Crippen molar-refractivity contribution in [3.63, 3.8) is 0 Å². The van der Waals surface area contributed by atoms with E-state index in [1.807, 2.05) is 115 Å². The number of aliphatic hydroxyl groups is 15. The summed E-state index contributed by atoms with van der Waals surface area (Å²) in [5.41, 5.74) is 19.0. The molecule has 0 aliphatic carbocycles. The van der Waals surface area contributed by atoms with E-state index in [1.165, 1.54) is 39.0 Å². The number of aliphatic hydroxyl groups excluding tert-OH is 15. The molecule has 29 heteroatoms. The molecule has 18 rings (SSSR count). The van der Waals surface area contributed by atoms with Crippen LogP contribution in [0, 0.1) is 27.7 Å². The molecule has 117 heavy (non-hydrogen) atoms. The monoisotopic (exact) mass is 1640 g/mol. The minimum absolute atomic E-state index is 0.128. The molecule has 0 bridgehead atoms. The number of nitrogens with zero attached hydrogens (tertiary/aromatic N) is 6. The van der Waals surface area contributed by atoms with Crippen LogP contribution in [0.1, 0.15) is 108 Å². The zero-order valence-corrected chi connectivity index (χ0v) is 66.8. The van der Waals surface area contributed by atoms with Crippen LogP contribution >= 0.6 is 22.7 Å². The van der Waals surface area contributed by atoms with Gasteiger partial charge in [-0.05, 0) is 119 Å². The number of fused-ring (bicyclic) bond motifs is 6. The third kappa shape index (κ3) is 18.3. The first-order chi connectivity index (χ1) is 56.3. The highest BCUT2D eigenvalue weighted by atomic mass is 32.1. The quantitative estimate of drug-likeness (QED) is 0.0601. The van der Waals surface area contributed by atoms with Crippen molar-refractivity contribution in [3.05, 3.63) is 248 Å². The zero-order valence-electron chi connectivity index (χ0n) is 65.1. The normalized spacial score (nSPS) is 30.4. The first-order valence-corrected chi connectivity index (χ1v) is 40.4. The van der Waals surface area contributed by atoms with Crippen molar-refractivity contribution in [2.75, 3.05) is 39.6 Å². The number of hydrogen-bond acceptors (Lipinski definition) is 29. The van der Waals surface area contributed by atoms with Gasteiger partial charge in [0.15, 0.2) is 12.5 Å². The standard InChI is InChI=1S/C16H19NO4.C16H19NO3.C16H18O4.C16H18O3.C12H14N2O4S.C12H14N2O3S/c1-9-3-4-12-10(2)17(6-5-11(12)7-9)16-15(20)14(19)13(8-18)21-16;1-10-3-4-13-11(2)17(6-5-12(13)7-10)16-8-14(19)15(9-18)20-16;1-9-6-10-4-2-3-5-11(10)7-12(9)16-15(19)14(18)13(8-17)20-16;1-10-6-11-4-2-3-5-12(11)7-13(10)15-8-14(18)16(9-17)19-15;1-6-11-7(13-5-19-11)2-3-14(6)12-10(17)9(16)8(4-15)18-12;1-7-12-8(13-6-18-12)2-3-14(7)11-4-9(16)10(5-15)17-11/h3-7,13-16,18-20H,2,8H2,1H3;3-7,14-16,18-19H,2,8-9H2,1H3;2-7,13-19H,8H2,1H3;2-7,14-18H,8-9H2,1H3;2-3,5,8-10,12,15-17H,1,4H2;2-3,6,9-11,15-16H,1,4-5H2/t13-,14+,15?,16-;14-,15-,16-;13-,14+,15?,16+;14-,15-,16-;8-,9+,10?,12-;9-,10-,11-/m111111/s1. The fraction of sp³-hybridized carbons (Fsp3) is 0.386. The Labute approximate surface area is 685 Å². The molecule has 0 amide bonds. The first kappa shape index (κ1) is 86.2. The van der Waals surface area contributed by atoms with E-state index in [-0.39, 0.29) is 58.2 Å². The Morgan fingerprint density at radius 3 is 1.19 bits per heavy atom. The molecule has 6 aromatic carbocycles. The molecule has 21 atom stereocenters. The number of benzene rings is 6. The maximum Gasteiger partial charge on any atom is 0.163 e. The number of thiazole rings is 2. The number of aromatic nitrogens is 2. The van der Waals surface area contributed by atoms with E-state index in [0.29, 0.717) is 30.7 Å². The summed E-state index contributed by atoms with van der Waals surface area (Å²) in [6.45, 7) is 22.9. The topological polar surface area (TPSA) is 398 Å². The smallest absolute Gasteiger partial charge is 0.163 e. The lowest BCUT2D eigenvalue weighted by Crippen LogP contribution is -2.41. The van der Waals surface area contributed by atoms with Crippen LogP contribution in [0.4, 0.5) is 0 Å². The average Bonchev–Trinajstić information content (AvgIpc) is 1.72. The highest BCUT2D eigenvalue weighted by Gasteiger charge is 2.49. The summed E-state index contributed by atoms with van der Waals surface area (Å²) in [6, 6.07) is 36.7. The Morgan fingerprint density at radius 1 is 0.376 bits per heavy atom. The molecule has 6 saturated heterocycles. The Balaban J connectivity index is 0.000000122. The maximum absolute atomic E-state index is 10.1. The van der Waals surface area contributed by atoms with Crippen LogP contribution in [0.3, 0.4) is 0 Å². The average molecular weight is 1640 g/mol. The van der Waals surface area contributed by atoms with Crippen molar-refractivity contribution in [1.82, 2.24) is 29.6 Å². The summed E-state index contributed by atoms with van der Waals surface area (Å²) in [5.74, 6) is 0. The van der Waals surface area contributed by atoms with Crippen molar-refractivity contribution in [2.24, 2.45) is 0 Å². The molecule has 622 valence electrons. The van der Waals surface area contributed by atoms with E-state index >= 15 is 0 Å². The molecule has 3 unspecified atom stereocenters. The van der Waals surface area contributed by atoms with Crippen molar-refractivity contribution in [2.45, 2.75) is 176 Å². The lowest BCUT2D eigenvalue weighted by atomic mass is 9.94. The number of ether oxygens (including phenoxy) is 6. The zero-order chi connectivity index (χ0) is 83.4. The third-order valence-corrected chi connectivity index (χ3v) is 24.2. The molecule has 27 nitrogen and oxygen atoms in total. The molecule has 12 heterocycles. The highest BCUT2D eigenvalue weighted by molar-refractivity contribution is 7.11. The van der Waals surface area contributed by atoms with Crippen LogP contribution in [0.25, 0.3) is 68.6 Å². The molecule has 6 fully saturated rings. The molecule has 10 aliphatic rings. The number of hydrogen-bond donors (Lipinski definition) is 15. The fourth-order valence-electron chi connectivity index (χ4n) is 15.8. The Bertz CT molecular complexity index is 4990. The molecule has 0 spiro atoms. The van der Waals surface area contributed by atoms with E-state index in [4.69, 9.17) is 59.1 Å². The van der Waals surface area contributed by atoms with Crippen LogP contribution in [0.15, 0.2) is 171 Å². The predicted molar refractivity (Wildman–Crippen MR) is 444 cm³/mol. The van der Waals surface area contributed by atoms with Crippen LogP contribution in [0.2, 0.25) is 0 Å². The van der Waals surface area contributed by atoms with E-state index in [2.05, 4.69) is 98.7 Å². The van der Waals surface area contributed by atoms with Gasteiger partial charge in [-0.25, -0.2) is 9.97 Å². The summed E-state index contributed by atoms with van der Waals surface area (Å²) in [7, 11) is 0. The van der Waals surface area contributed by atoms with Gasteiger partial charge in [-0.3, -0.25) is 0 Å². The minimum atomic E-state index is -1.11. The largest absolute Gasteiger partial charge is 0.394 e. The Kier molecular flexibility index (Phi) is 27.8. The summed E-state index contributed by atoms with van der Waals surface area (Å²) >= 11 is 2.98. The van der Waals surface area contributed by atoms with Crippen molar-refractivity contribution in [3.8, 4) is 0 Å². The summed E-state index contributed by atoms with van der Waals surface area (Å²) in [5, 5.41) is 149. The lowest BCUT2D eigenvalue weighted by molar-refractivity contribution is -0.0613. The number of aryl methyl sites for hydroxylation is 4. The summed E-state index contributed by atoms with van der Waals surface area (Å²) in [4.78, 5) is 17.5. The highest BCUT2D eigenvalue weighted by Crippen LogP contribution is 2.43. The second kappa shape index (κ2) is 37.8. The first-order valence-electron chi connectivity index (χ1n) is 38.7. The van der Waals surface area contributed by atoms with Gasteiger partial charge in [0.2, 0.25) is 0 Å². The van der Waals surface area contributed by atoms with Gasteiger partial charge in [0.1, 0.15) is 91.8 Å². The van der Waals surface area contributed by atoms with Crippen molar-refractivity contribution >= 4 is 91.3 Å². The molecular weight excluding hydrogens is 1540 g/mol. The third-order valence-electron chi connectivity index (χ3n) is 22.5.